The summed E-state index contributed by atoms with van der Waals surface area (Å²) in [4.78, 5) is 19.2. The number of nitrogens with zero attached hydrogens (tertiary/aromatic N) is 3. The zero-order valence-electron chi connectivity index (χ0n) is 14.5. The third-order valence-corrected chi connectivity index (χ3v) is 5.18. The number of aromatic nitrogens is 2. The minimum absolute atomic E-state index is 0.0283. The van der Waals surface area contributed by atoms with Crippen molar-refractivity contribution < 1.29 is 9.32 Å². The zero-order valence-corrected chi connectivity index (χ0v) is 14.5. The van der Waals surface area contributed by atoms with Crippen LogP contribution in [0.5, 0.6) is 0 Å². The van der Waals surface area contributed by atoms with E-state index in [0.717, 1.165) is 55.1 Å². The van der Waals surface area contributed by atoms with E-state index in [1.54, 1.807) is 0 Å². The van der Waals surface area contributed by atoms with Crippen LogP contribution in [-0.2, 0) is 4.79 Å². The molecule has 2 aromatic rings. The van der Waals surface area contributed by atoms with E-state index in [-0.39, 0.29) is 11.8 Å². The van der Waals surface area contributed by atoms with Gasteiger partial charge < -0.3 is 15.2 Å². The molecule has 1 saturated carbocycles. The Morgan fingerprint density at radius 1 is 1.24 bits per heavy atom. The van der Waals surface area contributed by atoms with Crippen LogP contribution in [0.15, 0.2) is 28.8 Å². The van der Waals surface area contributed by atoms with Gasteiger partial charge in [0, 0.05) is 24.9 Å². The summed E-state index contributed by atoms with van der Waals surface area (Å²) in [5.74, 6) is 2.06. The Labute approximate surface area is 147 Å². The predicted molar refractivity (Wildman–Crippen MR) is 92.9 cm³/mol. The average Bonchev–Trinajstić information content (AvgIpc) is 3.38. The van der Waals surface area contributed by atoms with Crippen LogP contribution in [0.4, 0.5) is 0 Å². The monoisotopic (exact) mass is 340 g/mol. The van der Waals surface area contributed by atoms with Gasteiger partial charge in [-0.1, -0.05) is 35.0 Å². The first-order valence-electron chi connectivity index (χ1n) is 9.06. The van der Waals surface area contributed by atoms with Gasteiger partial charge in [-0.25, -0.2) is 0 Å². The number of carbonyl (C=O) groups is 1. The molecule has 6 nitrogen and oxygen atoms in total. The molecule has 132 valence electrons. The van der Waals surface area contributed by atoms with Crippen molar-refractivity contribution in [1.82, 2.24) is 15.0 Å². The van der Waals surface area contributed by atoms with Crippen LogP contribution in [0, 0.1) is 6.92 Å². The number of hydrogen-bond acceptors (Lipinski definition) is 5. The molecule has 1 aliphatic heterocycles. The summed E-state index contributed by atoms with van der Waals surface area (Å²) in [6.45, 7) is 3.37. The molecule has 0 radical (unpaired) electrons. The minimum Gasteiger partial charge on any atom is -0.340 e. The second kappa shape index (κ2) is 6.59. The number of likely N-dealkylation sites (tertiary alicyclic amines) is 1. The van der Waals surface area contributed by atoms with Crippen LogP contribution >= 0.6 is 0 Å². The maximum absolute atomic E-state index is 12.8. The first-order chi connectivity index (χ1) is 12.1. The lowest BCUT2D eigenvalue weighted by Gasteiger charge is -2.33. The minimum atomic E-state index is -0.619. The number of benzene rings is 1. The molecule has 2 atom stereocenters. The highest BCUT2D eigenvalue weighted by atomic mass is 16.5. The molecule has 1 aromatic heterocycles. The van der Waals surface area contributed by atoms with Gasteiger partial charge in [-0.2, -0.15) is 4.98 Å². The molecule has 4 rings (SSSR count). The van der Waals surface area contributed by atoms with E-state index in [0.29, 0.717) is 12.5 Å². The van der Waals surface area contributed by atoms with Crippen molar-refractivity contribution in [2.24, 2.45) is 5.73 Å². The standard InChI is InChI=1S/C19H24N4O2/c1-12-4-6-13(7-5-12)16(20)19(24)23-10-2-3-15(11-23)17-21-18(25-22-17)14-8-9-14/h4-7,14-16H,2-3,8-11,20H2,1H3. The topological polar surface area (TPSA) is 85.3 Å². The van der Waals surface area contributed by atoms with Crippen molar-refractivity contribution in [2.75, 3.05) is 13.1 Å². The van der Waals surface area contributed by atoms with Crippen molar-refractivity contribution >= 4 is 5.91 Å². The van der Waals surface area contributed by atoms with Gasteiger partial charge >= 0.3 is 0 Å². The van der Waals surface area contributed by atoms with Crippen LogP contribution in [0.2, 0.25) is 0 Å². The quantitative estimate of drug-likeness (QED) is 0.925. The highest BCUT2D eigenvalue weighted by Crippen LogP contribution is 2.39. The van der Waals surface area contributed by atoms with E-state index in [1.807, 2.05) is 36.1 Å². The number of piperidine rings is 1. The van der Waals surface area contributed by atoms with Crippen molar-refractivity contribution in [3.63, 3.8) is 0 Å². The fraction of sp³-hybridized carbons (Fsp3) is 0.526. The van der Waals surface area contributed by atoms with E-state index in [1.165, 1.54) is 0 Å². The van der Waals surface area contributed by atoms with Gasteiger partial charge in [-0.15, -0.1) is 0 Å². The molecule has 25 heavy (non-hydrogen) atoms. The molecule has 2 unspecified atom stereocenters. The third kappa shape index (κ3) is 3.44. The van der Waals surface area contributed by atoms with Gasteiger partial charge in [0.2, 0.25) is 11.8 Å². The van der Waals surface area contributed by atoms with Crippen LogP contribution in [-0.4, -0.2) is 34.0 Å². The lowest BCUT2D eigenvalue weighted by atomic mass is 9.96. The molecule has 6 heteroatoms. The summed E-state index contributed by atoms with van der Waals surface area (Å²) in [5, 5.41) is 4.15. The van der Waals surface area contributed by atoms with E-state index in [2.05, 4.69) is 10.1 Å². The molecule has 0 bridgehead atoms. The maximum atomic E-state index is 12.8. The Hall–Kier alpha value is -2.21. The van der Waals surface area contributed by atoms with Gasteiger partial charge in [-0.3, -0.25) is 4.79 Å². The van der Waals surface area contributed by atoms with Crippen molar-refractivity contribution in [3.05, 3.63) is 47.1 Å². The molecule has 2 aliphatic rings. The molecule has 1 aliphatic carbocycles. The van der Waals surface area contributed by atoms with Crippen LogP contribution in [0.25, 0.3) is 0 Å². The zero-order chi connectivity index (χ0) is 17.4. The molecule has 0 spiro atoms. The normalized spacial score (nSPS) is 22.0. The van der Waals surface area contributed by atoms with Gasteiger partial charge in [0.1, 0.15) is 6.04 Å². The van der Waals surface area contributed by atoms with Gasteiger partial charge in [0.05, 0.1) is 0 Å². The Bertz CT molecular complexity index is 751. The molecule has 1 aromatic carbocycles. The summed E-state index contributed by atoms with van der Waals surface area (Å²) < 4.78 is 5.38. The van der Waals surface area contributed by atoms with Crippen molar-refractivity contribution in [1.29, 1.82) is 0 Å². The SMILES string of the molecule is Cc1ccc(C(N)C(=O)N2CCCC(c3noc(C4CC4)n3)C2)cc1. The fourth-order valence-electron chi connectivity index (χ4n) is 3.41. The third-order valence-electron chi connectivity index (χ3n) is 5.18. The van der Waals surface area contributed by atoms with E-state index < -0.39 is 6.04 Å². The summed E-state index contributed by atoms with van der Waals surface area (Å²) in [5.41, 5.74) is 8.23. The second-order valence-electron chi connectivity index (χ2n) is 7.28. The molecule has 1 saturated heterocycles. The molecule has 2 fully saturated rings. The molecule has 2 heterocycles. The lowest BCUT2D eigenvalue weighted by molar-refractivity contribution is -0.134. The number of nitrogens with two attached hydrogens (primary N) is 1. The maximum Gasteiger partial charge on any atom is 0.244 e. The van der Waals surface area contributed by atoms with Gasteiger partial charge in [0.25, 0.3) is 0 Å². The average molecular weight is 340 g/mol. The fourth-order valence-corrected chi connectivity index (χ4v) is 3.41. The number of rotatable bonds is 4. The molecular weight excluding hydrogens is 316 g/mol. The summed E-state index contributed by atoms with van der Waals surface area (Å²) in [6.07, 6.45) is 4.20. The predicted octanol–water partition coefficient (Wildman–Crippen LogP) is 2.66. The number of aryl methyl sites for hydroxylation is 1. The Morgan fingerprint density at radius 3 is 2.72 bits per heavy atom. The van der Waals surface area contributed by atoms with Crippen molar-refractivity contribution in [3.8, 4) is 0 Å². The lowest BCUT2D eigenvalue weighted by Crippen LogP contribution is -2.44. The largest absolute Gasteiger partial charge is 0.340 e. The highest BCUT2D eigenvalue weighted by Gasteiger charge is 2.33. The van der Waals surface area contributed by atoms with E-state index in [4.69, 9.17) is 10.3 Å². The molecule has 2 N–H and O–H groups in total. The molecular formula is C19H24N4O2. The first-order valence-corrected chi connectivity index (χ1v) is 9.06. The van der Waals surface area contributed by atoms with E-state index in [9.17, 15) is 4.79 Å². The van der Waals surface area contributed by atoms with Gasteiger partial charge in [-0.05, 0) is 38.2 Å². The van der Waals surface area contributed by atoms with Crippen LogP contribution in [0.1, 0.15) is 66.4 Å². The summed E-state index contributed by atoms with van der Waals surface area (Å²) in [7, 11) is 0. The van der Waals surface area contributed by atoms with Crippen LogP contribution < -0.4 is 5.73 Å². The Kier molecular flexibility index (Phi) is 4.29. The second-order valence-corrected chi connectivity index (χ2v) is 7.28. The Morgan fingerprint density at radius 2 is 2.00 bits per heavy atom. The molecule has 1 amide bonds. The highest BCUT2D eigenvalue weighted by molar-refractivity contribution is 5.83. The smallest absolute Gasteiger partial charge is 0.244 e. The van der Waals surface area contributed by atoms with Crippen LogP contribution in [0.3, 0.4) is 0 Å². The first kappa shape index (κ1) is 16.3. The van der Waals surface area contributed by atoms with Gasteiger partial charge in [0.15, 0.2) is 5.82 Å². The van der Waals surface area contributed by atoms with E-state index >= 15 is 0 Å². The van der Waals surface area contributed by atoms with Crippen molar-refractivity contribution in [2.45, 2.75) is 50.5 Å². The number of amides is 1. The number of hydrogen-bond donors (Lipinski definition) is 1. The summed E-state index contributed by atoms with van der Waals surface area (Å²) in [6, 6.07) is 7.22. The summed E-state index contributed by atoms with van der Waals surface area (Å²) >= 11 is 0. The Balaban J connectivity index is 1.44. The number of carbonyl (C=O) groups excluding carboxylic acids is 1.